The van der Waals surface area contributed by atoms with E-state index in [2.05, 4.69) is 10.6 Å². The predicted octanol–water partition coefficient (Wildman–Crippen LogP) is 1.49. The van der Waals surface area contributed by atoms with Gasteiger partial charge < -0.3 is 15.7 Å². The molecule has 7 heteroatoms. The van der Waals surface area contributed by atoms with Crippen LogP contribution in [0.5, 0.6) is 0 Å². The number of aliphatic hydroxyl groups is 1. The van der Waals surface area contributed by atoms with E-state index in [1.165, 1.54) is 18.2 Å². The highest BCUT2D eigenvalue weighted by molar-refractivity contribution is 5.90. The molecule has 0 atom stereocenters. The SMILES string of the molecule is CC(C)(CO)NC(=O)Nc1cccc([N+](=O)[O-])c1. The molecule has 3 N–H and O–H groups in total. The predicted molar refractivity (Wildman–Crippen MR) is 66.4 cm³/mol. The number of nitro groups is 1. The molecule has 0 aliphatic carbocycles. The fourth-order valence-electron chi connectivity index (χ4n) is 1.21. The molecule has 98 valence electrons. The van der Waals surface area contributed by atoms with Gasteiger partial charge in [-0.15, -0.1) is 0 Å². The zero-order chi connectivity index (χ0) is 13.8. The highest BCUT2D eigenvalue weighted by atomic mass is 16.6. The van der Waals surface area contributed by atoms with Crippen LogP contribution < -0.4 is 10.6 Å². The van der Waals surface area contributed by atoms with Crippen molar-refractivity contribution in [2.45, 2.75) is 19.4 Å². The molecule has 0 fully saturated rings. The van der Waals surface area contributed by atoms with Gasteiger partial charge in [0.05, 0.1) is 17.1 Å². The second kappa shape index (κ2) is 5.46. The summed E-state index contributed by atoms with van der Waals surface area (Å²) in [6.07, 6.45) is 0. The van der Waals surface area contributed by atoms with Crippen LogP contribution >= 0.6 is 0 Å². The van der Waals surface area contributed by atoms with Crippen LogP contribution in [0.15, 0.2) is 24.3 Å². The van der Waals surface area contributed by atoms with Crippen molar-refractivity contribution in [1.82, 2.24) is 5.32 Å². The van der Waals surface area contributed by atoms with Crippen molar-refractivity contribution in [3.05, 3.63) is 34.4 Å². The van der Waals surface area contributed by atoms with Crippen LogP contribution in [0, 0.1) is 10.1 Å². The van der Waals surface area contributed by atoms with Crippen LogP contribution in [-0.2, 0) is 0 Å². The lowest BCUT2D eigenvalue weighted by Crippen LogP contribution is -2.48. The number of anilines is 1. The van der Waals surface area contributed by atoms with Crippen LogP contribution in [0.4, 0.5) is 16.2 Å². The summed E-state index contributed by atoms with van der Waals surface area (Å²) >= 11 is 0. The number of urea groups is 1. The number of nitro benzene ring substituents is 1. The maximum absolute atomic E-state index is 11.6. The van der Waals surface area contributed by atoms with E-state index in [0.29, 0.717) is 5.69 Å². The Balaban J connectivity index is 2.70. The molecule has 0 spiro atoms. The van der Waals surface area contributed by atoms with Gasteiger partial charge in [0.15, 0.2) is 0 Å². The van der Waals surface area contributed by atoms with E-state index < -0.39 is 16.5 Å². The van der Waals surface area contributed by atoms with Gasteiger partial charge in [0.2, 0.25) is 0 Å². The van der Waals surface area contributed by atoms with Crippen molar-refractivity contribution in [2.75, 3.05) is 11.9 Å². The van der Waals surface area contributed by atoms with Gasteiger partial charge in [0.25, 0.3) is 5.69 Å². The first-order chi connectivity index (χ1) is 8.34. The van der Waals surface area contributed by atoms with Crippen molar-refractivity contribution >= 4 is 17.4 Å². The lowest BCUT2D eigenvalue weighted by Gasteiger charge is -2.23. The maximum Gasteiger partial charge on any atom is 0.319 e. The highest BCUT2D eigenvalue weighted by Crippen LogP contribution is 2.17. The van der Waals surface area contributed by atoms with Crippen LogP contribution in [0.2, 0.25) is 0 Å². The Kier molecular flexibility index (Phi) is 4.22. The molecular formula is C11H15N3O4. The summed E-state index contributed by atoms with van der Waals surface area (Å²) in [6.45, 7) is 3.09. The maximum atomic E-state index is 11.6. The molecule has 1 aromatic rings. The van der Waals surface area contributed by atoms with Gasteiger partial charge in [-0.2, -0.15) is 0 Å². The fourth-order valence-corrected chi connectivity index (χ4v) is 1.21. The minimum atomic E-state index is -0.759. The van der Waals surface area contributed by atoms with E-state index in [1.54, 1.807) is 19.9 Å². The molecule has 1 aromatic carbocycles. The summed E-state index contributed by atoms with van der Waals surface area (Å²) in [5.74, 6) is 0. The lowest BCUT2D eigenvalue weighted by atomic mass is 10.1. The highest BCUT2D eigenvalue weighted by Gasteiger charge is 2.19. The van der Waals surface area contributed by atoms with Gasteiger partial charge >= 0.3 is 6.03 Å². The smallest absolute Gasteiger partial charge is 0.319 e. The van der Waals surface area contributed by atoms with Crippen LogP contribution in [0.1, 0.15) is 13.8 Å². The van der Waals surface area contributed by atoms with E-state index >= 15 is 0 Å². The van der Waals surface area contributed by atoms with Crippen molar-refractivity contribution in [1.29, 1.82) is 0 Å². The second-order valence-corrected chi connectivity index (χ2v) is 4.43. The number of hydrogen-bond donors (Lipinski definition) is 3. The van der Waals surface area contributed by atoms with E-state index in [4.69, 9.17) is 5.11 Å². The number of hydrogen-bond acceptors (Lipinski definition) is 4. The minimum Gasteiger partial charge on any atom is -0.394 e. The zero-order valence-electron chi connectivity index (χ0n) is 10.1. The average Bonchev–Trinajstić information content (AvgIpc) is 2.28. The average molecular weight is 253 g/mol. The van der Waals surface area contributed by atoms with Gasteiger partial charge in [0.1, 0.15) is 0 Å². The van der Waals surface area contributed by atoms with E-state index in [1.807, 2.05) is 0 Å². The first-order valence-corrected chi connectivity index (χ1v) is 5.28. The Labute approximate surface area is 104 Å². The molecule has 7 nitrogen and oxygen atoms in total. The number of aliphatic hydroxyl groups excluding tert-OH is 1. The van der Waals surface area contributed by atoms with E-state index in [-0.39, 0.29) is 12.3 Å². The Morgan fingerprint density at radius 2 is 2.17 bits per heavy atom. The van der Waals surface area contributed by atoms with Crippen LogP contribution in [0.25, 0.3) is 0 Å². The Hall–Kier alpha value is -2.15. The summed E-state index contributed by atoms with van der Waals surface area (Å²) in [5.41, 5.74) is -0.546. The molecule has 0 aliphatic rings. The third-order valence-corrected chi connectivity index (χ3v) is 2.16. The molecule has 0 saturated carbocycles. The molecule has 18 heavy (non-hydrogen) atoms. The van der Waals surface area contributed by atoms with Gasteiger partial charge in [0, 0.05) is 17.8 Å². The van der Waals surface area contributed by atoms with Gasteiger partial charge in [-0.05, 0) is 19.9 Å². The summed E-state index contributed by atoms with van der Waals surface area (Å²) in [7, 11) is 0. The molecule has 0 bridgehead atoms. The molecule has 0 saturated heterocycles. The number of rotatable bonds is 4. The number of non-ortho nitro benzene ring substituents is 1. The molecule has 1 rings (SSSR count). The molecule has 0 heterocycles. The second-order valence-electron chi connectivity index (χ2n) is 4.43. The van der Waals surface area contributed by atoms with Gasteiger partial charge in [-0.25, -0.2) is 4.79 Å². The third-order valence-electron chi connectivity index (χ3n) is 2.16. The number of amides is 2. The summed E-state index contributed by atoms with van der Waals surface area (Å²) in [4.78, 5) is 21.6. The Bertz CT molecular complexity index is 459. The normalized spacial score (nSPS) is 10.8. The Morgan fingerprint density at radius 1 is 1.50 bits per heavy atom. The van der Waals surface area contributed by atoms with Crippen molar-refractivity contribution in [3.63, 3.8) is 0 Å². The minimum absolute atomic E-state index is 0.103. The molecule has 0 radical (unpaired) electrons. The number of nitrogens with one attached hydrogen (secondary N) is 2. The van der Waals surface area contributed by atoms with Crippen LogP contribution in [0.3, 0.4) is 0 Å². The third kappa shape index (κ3) is 4.02. The van der Waals surface area contributed by atoms with Crippen LogP contribution in [-0.4, -0.2) is 28.2 Å². The first-order valence-electron chi connectivity index (χ1n) is 5.28. The summed E-state index contributed by atoms with van der Waals surface area (Å²) in [6, 6.07) is 5.07. The van der Waals surface area contributed by atoms with Gasteiger partial charge in [-0.3, -0.25) is 10.1 Å². The number of nitrogens with zero attached hydrogens (tertiary/aromatic N) is 1. The lowest BCUT2D eigenvalue weighted by molar-refractivity contribution is -0.384. The first kappa shape index (κ1) is 13.9. The standard InChI is InChI=1S/C11H15N3O4/c1-11(2,7-15)13-10(16)12-8-4-3-5-9(6-8)14(17)18/h3-6,15H,7H2,1-2H3,(H2,12,13,16). The number of benzene rings is 1. The molecule has 0 unspecified atom stereocenters. The summed E-state index contributed by atoms with van der Waals surface area (Å²) < 4.78 is 0. The summed E-state index contributed by atoms with van der Waals surface area (Å²) in [5, 5.41) is 24.5. The van der Waals surface area contributed by atoms with Crippen molar-refractivity contribution in [2.24, 2.45) is 0 Å². The quantitative estimate of drug-likeness (QED) is 0.558. The zero-order valence-corrected chi connectivity index (χ0v) is 10.1. The number of carbonyl (C=O) groups excluding carboxylic acids is 1. The monoisotopic (exact) mass is 253 g/mol. The number of carbonyl (C=O) groups is 1. The Morgan fingerprint density at radius 3 is 2.72 bits per heavy atom. The van der Waals surface area contributed by atoms with Gasteiger partial charge in [-0.1, -0.05) is 6.07 Å². The molecule has 0 aromatic heterocycles. The van der Waals surface area contributed by atoms with Crippen molar-refractivity contribution < 1.29 is 14.8 Å². The fraction of sp³-hybridized carbons (Fsp3) is 0.364. The molecule has 2 amide bonds. The largest absolute Gasteiger partial charge is 0.394 e. The molecule has 0 aliphatic heterocycles. The van der Waals surface area contributed by atoms with Crippen molar-refractivity contribution in [3.8, 4) is 0 Å². The van der Waals surface area contributed by atoms with E-state index in [0.717, 1.165) is 0 Å². The van der Waals surface area contributed by atoms with E-state index in [9.17, 15) is 14.9 Å². The molecular weight excluding hydrogens is 238 g/mol. The topological polar surface area (TPSA) is 104 Å².